The number of nitrogens with two attached hydrogens (primary N) is 1. The van der Waals surface area contributed by atoms with Gasteiger partial charge in [-0.15, -0.1) is 0 Å². The molecule has 1 aromatic heterocycles. The molecule has 0 aliphatic rings. The van der Waals surface area contributed by atoms with Crippen molar-refractivity contribution in [1.29, 1.82) is 0 Å². The van der Waals surface area contributed by atoms with Crippen LogP contribution in [0, 0.1) is 0 Å². The zero-order valence-electron chi connectivity index (χ0n) is 11.6. The summed E-state index contributed by atoms with van der Waals surface area (Å²) in [6, 6.07) is 7.74. The number of aryl methyl sites for hydroxylation is 2. The minimum Gasteiger partial charge on any atom is -0.496 e. The number of ether oxygens (including phenoxy) is 1. The van der Waals surface area contributed by atoms with Gasteiger partial charge in [-0.3, -0.25) is 10.5 Å². The first-order valence-corrected chi connectivity index (χ1v) is 6.32. The maximum absolute atomic E-state index is 5.75. The summed E-state index contributed by atoms with van der Waals surface area (Å²) < 4.78 is 7.22. The Balaban J connectivity index is 2.49. The molecule has 5 heteroatoms. The van der Waals surface area contributed by atoms with Crippen LogP contribution in [0.15, 0.2) is 30.5 Å². The molecule has 102 valence electrons. The van der Waals surface area contributed by atoms with Gasteiger partial charge in [-0.25, -0.2) is 5.43 Å². The quantitative estimate of drug-likeness (QED) is 0.632. The van der Waals surface area contributed by atoms with E-state index < -0.39 is 0 Å². The molecule has 0 aliphatic heterocycles. The average Bonchev–Trinajstić information content (AvgIpc) is 2.81. The molecular weight excluding hydrogens is 240 g/mol. The van der Waals surface area contributed by atoms with Crippen molar-refractivity contribution in [2.75, 3.05) is 7.11 Å². The molecule has 1 aromatic carbocycles. The predicted molar refractivity (Wildman–Crippen MR) is 74.7 cm³/mol. The van der Waals surface area contributed by atoms with Crippen LogP contribution < -0.4 is 16.0 Å². The van der Waals surface area contributed by atoms with Crippen molar-refractivity contribution >= 4 is 0 Å². The highest BCUT2D eigenvalue weighted by atomic mass is 16.5. The smallest absolute Gasteiger partial charge is 0.124 e. The van der Waals surface area contributed by atoms with Crippen molar-refractivity contribution in [3.05, 3.63) is 47.3 Å². The van der Waals surface area contributed by atoms with Crippen LogP contribution in [-0.2, 0) is 13.5 Å². The van der Waals surface area contributed by atoms with Gasteiger partial charge in [0.1, 0.15) is 5.75 Å². The molecule has 0 amide bonds. The van der Waals surface area contributed by atoms with Crippen molar-refractivity contribution in [3.8, 4) is 5.75 Å². The van der Waals surface area contributed by atoms with Crippen molar-refractivity contribution in [2.24, 2.45) is 12.9 Å². The predicted octanol–water partition coefficient (Wildman–Crippen LogP) is 1.54. The Bertz CT molecular complexity index is 550. The third-order valence-electron chi connectivity index (χ3n) is 3.20. The van der Waals surface area contributed by atoms with Gasteiger partial charge in [0, 0.05) is 24.4 Å². The van der Waals surface area contributed by atoms with Gasteiger partial charge < -0.3 is 4.74 Å². The van der Waals surface area contributed by atoms with E-state index in [1.165, 1.54) is 0 Å². The fourth-order valence-corrected chi connectivity index (χ4v) is 2.32. The number of hydrazine groups is 1. The summed E-state index contributed by atoms with van der Waals surface area (Å²) in [7, 11) is 3.58. The SMILES string of the molecule is CCc1nn(C)cc1C(NN)c1ccccc1OC. The van der Waals surface area contributed by atoms with Gasteiger partial charge in [0.25, 0.3) is 0 Å². The first-order valence-electron chi connectivity index (χ1n) is 6.32. The molecule has 1 unspecified atom stereocenters. The highest BCUT2D eigenvalue weighted by Gasteiger charge is 2.21. The molecule has 0 saturated carbocycles. The lowest BCUT2D eigenvalue weighted by Crippen LogP contribution is -2.29. The Morgan fingerprint density at radius 2 is 2.11 bits per heavy atom. The molecule has 3 N–H and O–H groups in total. The summed E-state index contributed by atoms with van der Waals surface area (Å²) in [4.78, 5) is 0. The molecule has 5 nitrogen and oxygen atoms in total. The molecule has 2 rings (SSSR count). The largest absolute Gasteiger partial charge is 0.496 e. The number of para-hydroxylation sites is 1. The fraction of sp³-hybridized carbons (Fsp3) is 0.357. The molecule has 1 atom stereocenters. The summed E-state index contributed by atoms with van der Waals surface area (Å²) in [6.07, 6.45) is 2.86. The van der Waals surface area contributed by atoms with Crippen LogP contribution in [0.3, 0.4) is 0 Å². The van der Waals surface area contributed by atoms with Gasteiger partial charge in [0.15, 0.2) is 0 Å². The standard InChI is InChI=1S/C14H20N4O/c1-4-12-11(9-18(2)17-12)14(16-15)10-7-5-6-8-13(10)19-3/h5-9,14,16H,4,15H2,1-3H3. The van der Waals surface area contributed by atoms with E-state index >= 15 is 0 Å². The van der Waals surface area contributed by atoms with Crippen molar-refractivity contribution in [1.82, 2.24) is 15.2 Å². The number of hydrogen-bond donors (Lipinski definition) is 2. The molecule has 0 saturated heterocycles. The van der Waals surface area contributed by atoms with E-state index in [-0.39, 0.29) is 6.04 Å². The second-order valence-electron chi connectivity index (χ2n) is 4.40. The number of methoxy groups -OCH3 is 1. The van der Waals surface area contributed by atoms with Crippen molar-refractivity contribution in [2.45, 2.75) is 19.4 Å². The third kappa shape index (κ3) is 2.62. The molecule has 0 radical (unpaired) electrons. The number of rotatable bonds is 5. The van der Waals surface area contributed by atoms with Crippen LogP contribution in [0.4, 0.5) is 0 Å². The molecule has 0 bridgehead atoms. The summed E-state index contributed by atoms with van der Waals surface area (Å²) >= 11 is 0. The zero-order valence-corrected chi connectivity index (χ0v) is 11.6. The molecule has 19 heavy (non-hydrogen) atoms. The second-order valence-corrected chi connectivity index (χ2v) is 4.40. The summed E-state index contributed by atoms with van der Waals surface area (Å²) in [5.41, 5.74) is 5.99. The Morgan fingerprint density at radius 3 is 2.74 bits per heavy atom. The van der Waals surface area contributed by atoms with Crippen LogP contribution in [0.1, 0.15) is 29.8 Å². The highest BCUT2D eigenvalue weighted by molar-refractivity contribution is 5.42. The number of hydrogen-bond acceptors (Lipinski definition) is 4. The molecule has 0 spiro atoms. The van der Waals surface area contributed by atoms with Crippen LogP contribution in [0.25, 0.3) is 0 Å². The maximum Gasteiger partial charge on any atom is 0.124 e. The monoisotopic (exact) mass is 260 g/mol. The third-order valence-corrected chi connectivity index (χ3v) is 3.20. The molecule has 0 fully saturated rings. The van der Waals surface area contributed by atoms with E-state index in [2.05, 4.69) is 17.4 Å². The summed E-state index contributed by atoms with van der Waals surface area (Å²) in [5, 5.41) is 4.46. The molecule has 2 aromatic rings. The highest BCUT2D eigenvalue weighted by Crippen LogP contribution is 2.30. The normalized spacial score (nSPS) is 12.4. The van der Waals surface area contributed by atoms with Crippen LogP contribution in [0.5, 0.6) is 5.75 Å². The topological polar surface area (TPSA) is 65.1 Å². The van der Waals surface area contributed by atoms with Crippen LogP contribution >= 0.6 is 0 Å². The second kappa shape index (κ2) is 5.86. The molecular formula is C14H20N4O. The lowest BCUT2D eigenvalue weighted by atomic mass is 9.98. The summed E-state index contributed by atoms with van der Waals surface area (Å²) in [6.45, 7) is 2.08. The number of aromatic nitrogens is 2. The zero-order chi connectivity index (χ0) is 13.8. The van der Waals surface area contributed by atoms with E-state index in [9.17, 15) is 0 Å². The first kappa shape index (κ1) is 13.6. The van der Waals surface area contributed by atoms with Gasteiger partial charge >= 0.3 is 0 Å². The Morgan fingerprint density at radius 1 is 1.37 bits per heavy atom. The minimum absolute atomic E-state index is 0.125. The van der Waals surface area contributed by atoms with Crippen LogP contribution in [-0.4, -0.2) is 16.9 Å². The van der Waals surface area contributed by atoms with E-state index in [1.54, 1.807) is 7.11 Å². The molecule has 0 aliphatic carbocycles. The van der Waals surface area contributed by atoms with E-state index in [1.807, 2.05) is 42.2 Å². The lowest BCUT2D eigenvalue weighted by molar-refractivity contribution is 0.404. The van der Waals surface area contributed by atoms with Crippen LogP contribution in [0.2, 0.25) is 0 Å². The van der Waals surface area contributed by atoms with Crippen molar-refractivity contribution in [3.63, 3.8) is 0 Å². The number of nitrogens with zero attached hydrogens (tertiary/aromatic N) is 2. The Hall–Kier alpha value is -1.85. The van der Waals surface area contributed by atoms with Crippen molar-refractivity contribution < 1.29 is 4.74 Å². The maximum atomic E-state index is 5.75. The van der Waals surface area contributed by atoms with Gasteiger partial charge in [-0.05, 0) is 12.5 Å². The van der Waals surface area contributed by atoms with Gasteiger partial charge in [0.2, 0.25) is 0 Å². The Kier molecular flexibility index (Phi) is 4.19. The lowest BCUT2D eigenvalue weighted by Gasteiger charge is -2.19. The molecule has 1 heterocycles. The van der Waals surface area contributed by atoms with E-state index in [4.69, 9.17) is 10.6 Å². The van der Waals surface area contributed by atoms with E-state index in [0.717, 1.165) is 29.0 Å². The number of nitrogens with one attached hydrogen (secondary N) is 1. The first-order chi connectivity index (χ1) is 9.21. The average molecular weight is 260 g/mol. The number of benzene rings is 1. The van der Waals surface area contributed by atoms with Gasteiger partial charge in [-0.1, -0.05) is 25.1 Å². The van der Waals surface area contributed by atoms with Gasteiger partial charge in [0.05, 0.1) is 18.8 Å². The summed E-state index contributed by atoms with van der Waals surface area (Å²) in [5.74, 6) is 6.57. The Labute approximate surface area is 113 Å². The van der Waals surface area contributed by atoms with Gasteiger partial charge in [-0.2, -0.15) is 5.10 Å². The minimum atomic E-state index is -0.125. The fourth-order valence-electron chi connectivity index (χ4n) is 2.32. The van der Waals surface area contributed by atoms with E-state index in [0.29, 0.717) is 0 Å².